The van der Waals surface area contributed by atoms with E-state index in [1.54, 1.807) is 6.20 Å². The van der Waals surface area contributed by atoms with Gasteiger partial charge in [-0.05, 0) is 44.7 Å². The molecule has 0 aromatic heterocycles. The summed E-state index contributed by atoms with van der Waals surface area (Å²) in [5.41, 5.74) is 0. The zero-order chi connectivity index (χ0) is 13.5. The number of urea groups is 1. The van der Waals surface area contributed by atoms with Gasteiger partial charge in [0.1, 0.15) is 0 Å². The molecule has 5 heteroatoms. The Morgan fingerprint density at radius 1 is 1.05 bits per heavy atom. The summed E-state index contributed by atoms with van der Waals surface area (Å²) in [6.45, 7) is 1.70. The predicted octanol–water partition coefficient (Wildman–Crippen LogP) is 1.52. The monoisotopic (exact) mass is 265 g/mol. The van der Waals surface area contributed by atoms with Crippen molar-refractivity contribution < 1.29 is 9.59 Å². The number of hydrogen-bond donors (Lipinski definition) is 3. The van der Waals surface area contributed by atoms with E-state index in [4.69, 9.17) is 0 Å². The molecule has 0 radical (unpaired) electrons. The Morgan fingerprint density at radius 3 is 2.42 bits per heavy atom. The second-order valence-electron chi connectivity index (χ2n) is 5.39. The number of carbonyl (C=O) groups excluding carboxylic acids is 2. The highest BCUT2D eigenvalue weighted by Crippen LogP contribution is 2.25. The first-order chi connectivity index (χ1) is 9.25. The molecule has 0 bridgehead atoms. The second kappa shape index (κ2) is 7.28. The van der Waals surface area contributed by atoms with E-state index in [0.717, 1.165) is 25.9 Å². The van der Waals surface area contributed by atoms with Gasteiger partial charge in [0, 0.05) is 12.1 Å². The number of hydrogen-bond acceptors (Lipinski definition) is 3. The lowest BCUT2D eigenvalue weighted by atomic mass is 9.97. The summed E-state index contributed by atoms with van der Waals surface area (Å²) >= 11 is 0. The topological polar surface area (TPSA) is 70.2 Å². The Labute approximate surface area is 114 Å². The molecular weight excluding hydrogens is 242 g/mol. The minimum absolute atomic E-state index is 0.0363. The summed E-state index contributed by atoms with van der Waals surface area (Å²) in [6, 6.07) is -0.419. The van der Waals surface area contributed by atoms with Crippen LogP contribution in [0.4, 0.5) is 4.79 Å². The van der Waals surface area contributed by atoms with Crippen LogP contribution in [0.5, 0.6) is 0 Å². The number of rotatable bonds is 3. The normalized spacial score (nSPS) is 21.7. The van der Waals surface area contributed by atoms with Gasteiger partial charge in [0.25, 0.3) is 0 Å². The van der Waals surface area contributed by atoms with E-state index in [1.807, 2.05) is 6.08 Å². The lowest BCUT2D eigenvalue weighted by molar-refractivity contribution is -0.124. The van der Waals surface area contributed by atoms with Gasteiger partial charge in [-0.3, -0.25) is 10.1 Å². The number of amides is 3. The van der Waals surface area contributed by atoms with Gasteiger partial charge in [0.2, 0.25) is 5.91 Å². The molecule has 0 unspecified atom stereocenters. The van der Waals surface area contributed by atoms with Crippen LogP contribution in [-0.2, 0) is 4.79 Å². The van der Waals surface area contributed by atoms with Gasteiger partial charge in [-0.25, -0.2) is 4.79 Å². The number of piperidine rings is 1. The molecule has 5 nitrogen and oxygen atoms in total. The van der Waals surface area contributed by atoms with Crippen LogP contribution >= 0.6 is 0 Å². The van der Waals surface area contributed by atoms with E-state index in [1.165, 1.54) is 25.7 Å². The van der Waals surface area contributed by atoms with Crippen molar-refractivity contribution in [3.8, 4) is 0 Å². The van der Waals surface area contributed by atoms with Crippen LogP contribution in [0.2, 0.25) is 0 Å². The van der Waals surface area contributed by atoms with E-state index in [-0.39, 0.29) is 11.8 Å². The van der Waals surface area contributed by atoms with Gasteiger partial charge in [-0.2, -0.15) is 0 Å². The highest BCUT2D eigenvalue weighted by atomic mass is 16.2. The fourth-order valence-corrected chi connectivity index (χ4v) is 2.74. The molecule has 3 N–H and O–H groups in total. The molecule has 1 saturated heterocycles. The van der Waals surface area contributed by atoms with Crippen molar-refractivity contribution in [3.63, 3.8) is 0 Å². The van der Waals surface area contributed by atoms with Gasteiger partial charge in [-0.1, -0.05) is 18.9 Å². The molecule has 0 atom stereocenters. The van der Waals surface area contributed by atoms with Gasteiger partial charge < -0.3 is 10.6 Å². The molecular formula is C14H23N3O2. The average Bonchev–Trinajstić information content (AvgIpc) is 2.93. The SMILES string of the molecule is O=C(N/C=C/C1CCCC1)NC(=O)C1CCNCC1. The molecule has 2 rings (SSSR count). The van der Waals surface area contributed by atoms with Crippen molar-refractivity contribution in [2.24, 2.45) is 11.8 Å². The van der Waals surface area contributed by atoms with E-state index < -0.39 is 6.03 Å². The molecule has 106 valence electrons. The third kappa shape index (κ3) is 4.67. The van der Waals surface area contributed by atoms with Crippen LogP contribution < -0.4 is 16.0 Å². The molecule has 1 aliphatic carbocycles. The lowest BCUT2D eigenvalue weighted by Gasteiger charge is -2.21. The Morgan fingerprint density at radius 2 is 1.74 bits per heavy atom. The maximum absolute atomic E-state index is 11.8. The maximum Gasteiger partial charge on any atom is 0.325 e. The lowest BCUT2D eigenvalue weighted by Crippen LogP contribution is -2.43. The fraction of sp³-hybridized carbons (Fsp3) is 0.714. The molecule has 0 aromatic rings. The first-order valence-electron chi connectivity index (χ1n) is 7.24. The summed E-state index contributed by atoms with van der Waals surface area (Å²) in [7, 11) is 0. The van der Waals surface area contributed by atoms with Crippen LogP contribution in [-0.4, -0.2) is 25.0 Å². The quantitative estimate of drug-likeness (QED) is 0.724. The first kappa shape index (κ1) is 14.1. The Kier molecular flexibility index (Phi) is 5.39. The van der Waals surface area contributed by atoms with Crippen molar-refractivity contribution in [2.45, 2.75) is 38.5 Å². The summed E-state index contributed by atoms with van der Waals surface area (Å²) in [4.78, 5) is 23.4. The average molecular weight is 265 g/mol. The standard InChI is InChI=1S/C14H23N3O2/c18-13(12-6-8-15-9-7-12)17-14(19)16-10-5-11-3-1-2-4-11/h5,10-12,15H,1-4,6-9H2,(H2,16,17,18,19)/b10-5+. The zero-order valence-electron chi connectivity index (χ0n) is 11.3. The van der Waals surface area contributed by atoms with Gasteiger partial charge in [-0.15, -0.1) is 0 Å². The summed E-state index contributed by atoms with van der Waals surface area (Å²) < 4.78 is 0. The van der Waals surface area contributed by atoms with Crippen molar-refractivity contribution >= 4 is 11.9 Å². The fourth-order valence-electron chi connectivity index (χ4n) is 2.74. The molecule has 0 spiro atoms. The van der Waals surface area contributed by atoms with Crippen LogP contribution in [0.1, 0.15) is 38.5 Å². The first-order valence-corrected chi connectivity index (χ1v) is 7.24. The van der Waals surface area contributed by atoms with E-state index in [2.05, 4.69) is 16.0 Å². The zero-order valence-corrected chi connectivity index (χ0v) is 11.3. The van der Waals surface area contributed by atoms with Crippen LogP contribution in [0.3, 0.4) is 0 Å². The summed E-state index contributed by atoms with van der Waals surface area (Å²) in [5.74, 6) is 0.388. The Bertz CT molecular complexity index is 343. The minimum Gasteiger partial charge on any atom is -0.317 e. The molecule has 1 heterocycles. The number of carbonyl (C=O) groups is 2. The highest BCUT2D eigenvalue weighted by molar-refractivity contribution is 5.95. The Balaban J connectivity index is 1.66. The molecule has 1 aliphatic heterocycles. The van der Waals surface area contributed by atoms with Crippen molar-refractivity contribution in [2.75, 3.05) is 13.1 Å². The van der Waals surface area contributed by atoms with Crippen molar-refractivity contribution in [1.29, 1.82) is 0 Å². The van der Waals surface area contributed by atoms with E-state index in [9.17, 15) is 9.59 Å². The number of allylic oxidation sites excluding steroid dienone is 1. The van der Waals surface area contributed by atoms with Crippen molar-refractivity contribution in [1.82, 2.24) is 16.0 Å². The van der Waals surface area contributed by atoms with Gasteiger partial charge >= 0.3 is 6.03 Å². The Hall–Kier alpha value is -1.36. The van der Waals surface area contributed by atoms with Crippen LogP contribution in [0.25, 0.3) is 0 Å². The molecule has 1 saturated carbocycles. The van der Waals surface area contributed by atoms with E-state index in [0.29, 0.717) is 5.92 Å². The van der Waals surface area contributed by atoms with Crippen LogP contribution in [0.15, 0.2) is 12.3 Å². The second-order valence-corrected chi connectivity index (χ2v) is 5.39. The third-order valence-electron chi connectivity index (χ3n) is 3.93. The van der Waals surface area contributed by atoms with E-state index >= 15 is 0 Å². The van der Waals surface area contributed by atoms with Crippen LogP contribution in [0, 0.1) is 11.8 Å². The smallest absolute Gasteiger partial charge is 0.317 e. The molecule has 2 fully saturated rings. The minimum atomic E-state index is -0.419. The molecule has 19 heavy (non-hydrogen) atoms. The number of nitrogens with one attached hydrogen (secondary N) is 3. The van der Waals surface area contributed by atoms with Gasteiger partial charge in [0.15, 0.2) is 0 Å². The van der Waals surface area contributed by atoms with Gasteiger partial charge in [0.05, 0.1) is 0 Å². The molecule has 2 aliphatic rings. The number of imide groups is 1. The summed E-state index contributed by atoms with van der Waals surface area (Å²) in [6.07, 6.45) is 10.3. The predicted molar refractivity (Wildman–Crippen MR) is 73.4 cm³/mol. The molecule has 0 aromatic carbocycles. The highest BCUT2D eigenvalue weighted by Gasteiger charge is 2.22. The third-order valence-corrected chi connectivity index (χ3v) is 3.93. The summed E-state index contributed by atoms with van der Waals surface area (Å²) in [5, 5.41) is 8.22. The maximum atomic E-state index is 11.8. The molecule has 3 amide bonds. The van der Waals surface area contributed by atoms with Crippen molar-refractivity contribution in [3.05, 3.63) is 12.3 Å². The largest absolute Gasteiger partial charge is 0.325 e.